The molecule has 10 nitrogen and oxygen atoms in total. The number of urea groups is 1. The van der Waals surface area contributed by atoms with Gasteiger partial charge in [0.1, 0.15) is 5.69 Å². The summed E-state index contributed by atoms with van der Waals surface area (Å²) < 4.78 is 1.89. The van der Waals surface area contributed by atoms with Crippen molar-refractivity contribution in [2.45, 2.75) is 25.9 Å². The molecule has 0 aliphatic rings. The lowest BCUT2D eigenvalue weighted by Crippen LogP contribution is -2.36. The number of carboxylic acid groups (broad SMARTS) is 1. The number of aromatic nitrogens is 1. The number of carboxylic acids is 1. The minimum Gasteiger partial charge on any atom is -0.481 e. The van der Waals surface area contributed by atoms with Crippen LogP contribution in [0.3, 0.4) is 0 Å². The van der Waals surface area contributed by atoms with Crippen molar-refractivity contribution in [3.05, 3.63) is 102 Å². The number of aryl methyl sites for hydroxylation is 1. The van der Waals surface area contributed by atoms with Gasteiger partial charge in [-0.15, -0.1) is 0 Å². The molecule has 0 aliphatic heterocycles. The van der Waals surface area contributed by atoms with Crippen LogP contribution in [0.4, 0.5) is 16.2 Å². The first-order chi connectivity index (χ1) is 16.1. The Balaban J connectivity index is 1.79. The van der Waals surface area contributed by atoms with E-state index in [4.69, 9.17) is 0 Å². The lowest BCUT2D eigenvalue weighted by molar-refractivity contribution is -0.384. The quantitative estimate of drug-likeness (QED) is 0.295. The van der Waals surface area contributed by atoms with Gasteiger partial charge in [-0.1, -0.05) is 45.8 Å². The number of carbonyl (C=O) groups excluding carboxylic acids is 1. The van der Waals surface area contributed by atoms with Gasteiger partial charge in [0.15, 0.2) is 0 Å². The largest absolute Gasteiger partial charge is 0.481 e. The number of hydrogen-bond acceptors (Lipinski definition) is 5. The third-order valence-electron chi connectivity index (χ3n) is 5.01. The zero-order valence-corrected chi connectivity index (χ0v) is 19.6. The molecule has 0 saturated carbocycles. The van der Waals surface area contributed by atoms with Crippen molar-refractivity contribution in [2.24, 2.45) is 0 Å². The zero-order valence-electron chi connectivity index (χ0n) is 18.0. The fourth-order valence-corrected chi connectivity index (χ4v) is 3.65. The predicted octanol–water partition coefficient (Wildman–Crippen LogP) is 4.21. The molecule has 0 unspecified atom stereocenters. The summed E-state index contributed by atoms with van der Waals surface area (Å²) in [5.74, 6) is -1.09. The highest BCUT2D eigenvalue weighted by atomic mass is 79.9. The molecule has 3 aromatic rings. The third-order valence-corrected chi connectivity index (χ3v) is 5.79. The molecule has 34 heavy (non-hydrogen) atoms. The third kappa shape index (κ3) is 6.29. The minimum absolute atomic E-state index is 0.0282. The number of aliphatic carboxylic acids is 1. The topological polar surface area (TPSA) is 144 Å². The summed E-state index contributed by atoms with van der Waals surface area (Å²) in [6.07, 6.45) is 1.16. The van der Waals surface area contributed by atoms with E-state index in [1.54, 1.807) is 18.2 Å². The second-order valence-corrected chi connectivity index (χ2v) is 8.40. The molecule has 0 saturated heterocycles. The molecule has 0 fully saturated rings. The second-order valence-electron chi connectivity index (χ2n) is 7.55. The first-order valence-electron chi connectivity index (χ1n) is 10.1. The molecule has 0 spiro atoms. The van der Waals surface area contributed by atoms with E-state index in [1.165, 1.54) is 35.0 Å². The van der Waals surface area contributed by atoms with E-state index in [0.717, 1.165) is 5.56 Å². The standard InChI is InChI=1S/C23H21BrN4O6/c1-14-4-6-15(7-5-14)20(12-21(29)30)26-23(32)25-19-3-2-10-27(22(19)31)13-16-11-17(28(33)34)8-9-18(16)24/h2-11,20H,12-13H2,1H3,(H,29,30)(H2,25,26,32)/t20-/m0/s1. The Labute approximate surface area is 202 Å². The molecule has 11 heteroatoms. The highest BCUT2D eigenvalue weighted by Gasteiger charge is 2.19. The van der Waals surface area contributed by atoms with Crippen LogP contribution >= 0.6 is 15.9 Å². The van der Waals surface area contributed by atoms with Crippen LogP contribution < -0.4 is 16.2 Å². The number of nitro benzene ring substituents is 1. The van der Waals surface area contributed by atoms with Crippen molar-refractivity contribution in [3.8, 4) is 0 Å². The number of benzene rings is 2. The maximum absolute atomic E-state index is 12.9. The van der Waals surface area contributed by atoms with Gasteiger partial charge < -0.3 is 20.3 Å². The summed E-state index contributed by atoms with van der Waals surface area (Å²) in [4.78, 5) is 47.3. The number of nitrogens with one attached hydrogen (secondary N) is 2. The number of non-ortho nitro benzene ring substituents is 1. The predicted molar refractivity (Wildman–Crippen MR) is 129 cm³/mol. The number of nitro groups is 1. The Morgan fingerprint density at radius 1 is 1.18 bits per heavy atom. The highest BCUT2D eigenvalue weighted by molar-refractivity contribution is 9.10. The van der Waals surface area contributed by atoms with Gasteiger partial charge in [0.2, 0.25) is 0 Å². The van der Waals surface area contributed by atoms with Crippen LogP contribution in [0.15, 0.2) is 70.1 Å². The highest BCUT2D eigenvalue weighted by Crippen LogP contribution is 2.23. The summed E-state index contributed by atoms with van der Waals surface area (Å²) in [5, 5.41) is 25.4. The molecule has 1 atom stereocenters. The summed E-state index contributed by atoms with van der Waals surface area (Å²) in [7, 11) is 0. The van der Waals surface area contributed by atoms with E-state index in [9.17, 15) is 29.6 Å². The number of carbonyl (C=O) groups is 2. The van der Waals surface area contributed by atoms with Gasteiger partial charge in [-0.05, 0) is 36.2 Å². The minimum atomic E-state index is -1.09. The van der Waals surface area contributed by atoms with Crippen LogP contribution in [-0.4, -0.2) is 26.6 Å². The lowest BCUT2D eigenvalue weighted by atomic mass is 10.0. The summed E-state index contributed by atoms with van der Waals surface area (Å²) in [6.45, 7) is 1.92. The Bertz CT molecular complexity index is 1290. The number of nitrogens with zero attached hydrogens (tertiary/aromatic N) is 2. The fourth-order valence-electron chi connectivity index (χ4n) is 3.28. The number of amides is 2. The van der Waals surface area contributed by atoms with E-state index in [0.29, 0.717) is 15.6 Å². The van der Waals surface area contributed by atoms with Crippen LogP contribution in [0, 0.1) is 17.0 Å². The molecule has 3 rings (SSSR count). The Morgan fingerprint density at radius 2 is 1.88 bits per heavy atom. The van der Waals surface area contributed by atoms with E-state index in [-0.39, 0.29) is 24.3 Å². The van der Waals surface area contributed by atoms with Crippen molar-refractivity contribution in [1.82, 2.24) is 9.88 Å². The summed E-state index contributed by atoms with van der Waals surface area (Å²) >= 11 is 3.33. The van der Waals surface area contributed by atoms with Gasteiger partial charge in [0.05, 0.1) is 23.9 Å². The normalized spacial score (nSPS) is 11.5. The monoisotopic (exact) mass is 528 g/mol. The van der Waals surface area contributed by atoms with E-state index >= 15 is 0 Å². The van der Waals surface area contributed by atoms with Crippen molar-refractivity contribution < 1.29 is 19.6 Å². The van der Waals surface area contributed by atoms with E-state index in [2.05, 4.69) is 26.6 Å². The van der Waals surface area contributed by atoms with Crippen molar-refractivity contribution in [3.63, 3.8) is 0 Å². The smallest absolute Gasteiger partial charge is 0.319 e. The van der Waals surface area contributed by atoms with Crippen LogP contribution in [0.1, 0.15) is 29.2 Å². The number of hydrogen-bond donors (Lipinski definition) is 3. The maximum Gasteiger partial charge on any atom is 0.319 e. The van der Waals surface area contributed by atoms with Crippen LogP contribution in [0.5, 0.6) is 0 Å². The first-order valence-corrected chi connectivity index (χ1v) is 10.9. The van der Waals surface area contributed by atoms with Gasteiger partial charge in [0, 0.05) is 22.8 Å². The van der Waals surface area contributed by atoms with E-state index in [1.807, 2.05) is 19.1 Å². The van der Waals surface area contributed by atoms with Gasteiger partial charge in [-0.25, -0.2) is 4.79 Å². The number of halogens is 1. The molecule has 0 radical (unpaired) electrons. The fraction of sp³-hybridized carbons (Fsp3) is 0.174. The molecule has 2 aromatic carbocycles. The number of anilines is 1. The molecular weight excluding hydrogens is 508 g/mol. The molecule has 3 N–H and O–H groups in total. The van der Waals surface area contributed by atoms with Crippen LogP contribution in [-0.2, 0) is 11.3 Å². The lowest BCUT2D eigenvalue weighted by Gasteiger charge is -2.18. The Kier molecular flexibility index (Phi) is 7.79. The first kappa shape index (κ1) is 24.6. The molecule has 1 heterocycles. The van der Waals surface area contributed by atoms with Crippen LogP contribution in [0.2, 0.25) is 0 Å². The van der Waals surface area contributed by atoms with Gasteiger partial charge in [-0.2, -0.15) is 0 Å². The van der Waals surface area contributed by atoms with Crippen molar-refractivity contribution in [1.29, 1.82) is 0 Å². The van der Waals surface area contributed by atoms with Crippen molar-refractivity contribution >= 4 is 39.3 Å². The Morgan fingerprint density at radius 3 is 2.53 bits per heavy atom. The molecule has 176 valence electrons. The zero-order chi connectivity index (χ0) is 24.8. The molecule has 0 bridgehead atoms. The molecule has 1 aromatic heterocycles. The Hall–Kier alpha value is -3.99. The second kappa shape index (κ2) is 10.8. The summed E-state index contributed by atoms with van der Waals surface area (Å²) in [6, 6.07) is 12.8. The summed E-state index contributed by atoms with van der Waals surface area (Å²) in [5.41, 5.74) is 1.45. The van der Waals surface area contributed by atoms with Crippen LogP contribution in [0.25, 0.3) is 0 Å². The SMILES string of the molecule is Cc1ccc([C@H](CC(=O)O)NC(=O)Nc2cccn(Cc3cc([N+](=O)[O-])ccc3Br)c2=O)cc1. The average Bonchev–Trinajstić information content (AvgIpc) is 2.77. The number of rotatable bonds is 8. The van der Waals surface area contributed by atoms with E-state index < -0.39 is 28.5 Å². The number of pyridine rings is 1. The van der Waals surface area contributed by atoms with Gasteiger partial charge in [0.25, 0.3) is 11.2 Å². The van der Waals surface area contributed by atoms with Gasteiger partial charge in [-0.3, -0.25) is 19.7 Å². The molecule has 0 aliphatic carbocycles. The average molecular weight is 529 g/mol. The maximum atomic E-state index is 12.9. The van der Waals surface area contributed by atoms with Crippen molar-refractivity contribution in [2.75, 3.05) is 5.32 Å². The molecular formula is C23H21BrN4O6. The van der Waals surface area contributed by atoms with Gasteiger partial charge >= 0.3 is 12.0 Å². The molecule has 2 amide bonds.